The highest BCUT2D eigenvalue weighted by molar-refractivity contribution is 9.10. The van der Waals surface area contributed by atoms with Crippen molar-refractivity contribution in [1.29, 1.82) is 0 Å². The molecular formula is C17H16BrFN2O3. The van der Waals surface area contributed by atoms with Crippen LogP contribution in [0.15, 0.2) is 34.8 Å². The van der Waals surface area contributed by atoms with Crippen molar-refractivity contribution in [2.45, 2.75) is 13.5 Å². The molecular weight excluding hydrogens is 379 g/mol. The third-order valence-electron chi connectivity index (χ3n) is 3.56. The molecule has 0 radical (unpaired) electrons. The standard InChI is InChI=1S/C17H16BrFN2O3/c1-10-6-11(2-3-13(10)19)9-20-17(22)21-14-8-16-15(7-12(14)18)23-4-5-24-16/h2-3,6-8H,4-5,9H2,1H3,(H2,20,21,22). The van der Waals surface area contributed by atoms with Gasteiger partial charge in [0.05, 0.1) is 5.69 Å². The van der Waals surface area contributed by atoms with Gasteiger partial charge in [0.2, 0.25) is 0 Å². The second kappa shape index (κ2) is 7.09. The summed E-state index contributed by atoms with van der Waals surface area (Å²) in [5.74, 6) is 0.971. The van der Waals surface area contributed by atoms with Crippen LogP contribution in [0.1, 0.15) is 11.1 Å². The Morgan fingerprint density at radius 3 is 2.62 bits per heavy atom. The fourth-order valence-corrected chi connectivity index (χ4v) is 2.75. The van der Waals surface area contributed by atoms with Gasteiger partial charge in [-0.15, -0.1) is 0 Å². The van der Waals surface area contributed by atoms with Crippen LogP contribution in [0.4, 0.5) is 14.9 Å². The molecule has 0 unspecified atom stereocenters. The highest BCUT2D eigenvalue weighted by atomic mass is 79.9. The number of ether oxygens (including phenoxy) is 2. The number of carbonyl (C=O) groups excluding carboxylic acids is 1. The Kier molecular flexibility index (Phi) is 4.89. The molecule has 1 aliphatic heterocycles. The molecule has 1 heterocycles. The maximum Gasteiger partial charge on any atom is 0.319 e. The molecule has 2 amide bonds. The van der Waals surface area contributed by atoms with E-state index in [9.17, 15) is 9.18 Å². The molecule has 3 rings (SSSR count). The largest absolute Gasteiger partial charge is 0.486 e. The average Bonchev–Trinajstić information content (AvgIpc) is 2.56. The van der Waals surface area contributed by atoms with E-state index in [1.165, 1.54) is 6.07 Å². The van der Waals surface area contributed by atoms with Crippen LogP contribution in [0.3, 0.4) is 0 Å². The van der Waals surface area contributed by atoms with Crippen molar-refractivity contribution in [3.8, 4) is 11.5 Å². The Hall–Kier alpha value is -2.28. The first-order valence-corrected chi connectivity index (χ1v) is 8.21. The first kappa shape index (κ1) is 16.6. The molecule has 0 aromatic heterocycles. The maximum absolute atomic E-state index is 13.2. The van der Waals surface area contributed by atoms with Gasteiger partial charge in [-0.2, -0.15) is 0 Å². The van der Waals surface area contributed by atoms with Gasteiger partial charge in [-0.25, -0.2) is 9.18 Å². The van der Waals surface area contributed by atoms with Gasteiger partial charge in [0, 0.05) is 23.2 Å². The smallest absolute Gasteiger partial charge is 0.319 e. The molecule has 0 saturated heterocycles. The summed E-state index contributed by atoms with van der Waals surface area (Å²) in [6, 6.07) is 7.84. The van der Waals surface area contributed by atoms with Crippen LogP contribution >= 0.6 is 15.9 Å². The molecule has 7 heteroatoms. The molecule has 5 nitrogen and oxygen atoms in total. The second-order valence-electron chi connectivity index (χ2n) is 5.37. The molecule has 1 aliphatic rings. The van der Waals surface area contributed by atoms with Crippen LogP contribution in [-0.4, -0.2) is 19.2 Å². The van der Waals surface area contributed by atoms with E-state index in [0.29, 0.717) is 47.0 Å². The summed E-state index contributed by atoms with van der Waals surface area (Å²) in [6.45, 7) is 2.97. The molecule has 24 heavy (non-hydrogen) atoms. The first-order chi connectivity index (χ1) is 11.5. The second-order valence-corrected chi connectivity index (χ2v) is 6.22. The summed E-state index contributed by atoms with van der Waals surface area (Å²) in [5, 5.41) is 5.49. The van der Waals surface area contributed by atoms with Gasteiger partial charge >= 0.3 is 6.03 Å². The zero-order valence-electron chi connectivity index (χ0n) is 13.0. The Morgan fingerprint density at radius 2 is 1.92 bits per heavy atom. The van der Waals surface area contributed by atoms with Crippen LogP contribution in [-0.2, 0) is 6.54 Å². The fraction of sp³-hybridized carbons (Fsp3) is 0.235. The number of amides is 2. The fourth-order valence-electron chi connectivity index (χ4n) is 2.33. The summed E-state index contributed by atoms with van der Waals surface area (Å²) in [5.41, 5.74) is 1.95. The van der Waals surface area contributed by atoms with Crippen molar-refractivity contribution < 1.29 is 18.7 Å². The SMILES string of the molecule is Cc1cc(CNC(=O)Nc2cc3c(cc2Br)OCCO3)ccc1F. The predicted molar refractivity (Wildman–Crippen MR) is 92.1 cm³/mol. The van der Waals surface area contributed by atoms with Crippen LogP contribution in [0.25, 0.3) is 0 Å². The van der Waals surface area contributed by atoms with E-state index < -0.39 is 0 Å². The van der Waals surface area contributed by atoms with E-state index in [0.717, 1.165) is 5.56 Å². The van der Waals surface area contributed by atoms with Gasteiger partial charge in [0.15, 0.2) is 11.5 Å². The lowest BCUT2D eigenvalue weighted by atomic mass is 10.1. The Balaban J connectivity index is 1.63. The maximum atomic E-state index is 13.2. The number of hydrogen-bond acceptors (Lipinski definition) is 3. The van der Waals surface area contributed by atoms with Gasteiger partial charge in [0.1, 0.15) is 19.0 Å². The molecule has 126 valence electrons. The zero-order chi connectivity index (χ0) is 17.1. The number of aryl methyl sites for hydroxylation is 1. The molecule has 2 N–H and O–H groups in total. The lowest BCUT2D eigenvalue weighted by Gasteiger charge is -2.20. The van der Waals surface area contributed by atoms with Crippen molar-refractivity contribution in [3.05, 3.63) is 51.7 Å². The van der Waals surface area contributed by atoms with E-state index in [1.54, 1.807) is 31.2 Å². The first-order valence-electron chi connectivity index (χ1n) is 7.42. The quantitative estimate of drug-likeness (QED) is 0.827. The molecule has 2 aromatic carbocycles. The predicted octanol–water partition coefficient (Wildman–Crippen LogP) is 3.99. The Morgan fingerprint density at radius 1 is 1.21 bits per heavy atom. The Labute approximate surface area is 147 Å². The van der Waals surface area contributed by atoms with Gasteiger partial charge in [0.25, 0.3) is 0 Å². The van der Waals surface area contributed by atoms with Crippen LogP contribution in [0, 0.1) is 12.7 Å². The lowest BCUT2D eigenvalue weighted by Crippen LogP contribution is -2.28. The van der Waals surface area contributed by atoms with Crippen LogP contribution < -0.4 is 20.1 Å². The number of benzene rings is 2. The summed E-state index contributed by atoms with van der Waals surface area (Å²) >= 11 is 3.40. The molecule has 0 atom stereocenters. The van der Waals surface area contributed by atoms with Crippen molar-refractivity contribution in [2.75, 3.05) is 18.5 Å². The van der Waals surface area contributed by atoms with Crippen molar-refractivity contribution >= 4 is 27.6 Å². The van der Waals surface area contributed by atoms with E-state index in [2.05, 4.69) is 26.6 Å². The van der Waals surface area contributed by atoms with E-state index in [1.807, 2.05) is 0 Å². The van der Waals surface area contributed by atoms with Gasteiger partial charge < -0.3 is 20.1 Å². The molecule has 0 aliphatic carbocycles. The van der Waals surface area contributed by atoms with E-state index in [-0.39, 0.29) is 11.8 Å². The minimum atomic E-state index is -0.366. The summed E-state index contributed by atoms with van der Waals surface area (Å²) in [7, 11) is 0. The third-order valence-corrected chi connectivity index (χ3v) is 4.21. The molecule has 2 aromatic rings. The summed E-state index contributed by atoms with van der Waals surface area (Å²) in [6.07, 6.45) is 0. The van der Waals surface area contributed by atoms with Crippen LogP contribution in [0.2, 0.25) is 0 Å². The van der Waals surface area contributed by atoms with Gasteiger partial charge in [-0.05, 0) is 40.0 Å². The van der Waals surface area contributed by atoms with Crippen molar-refractivity contribution in [3.63, 3.8) is 0 Å². The molecule has 0 saturated carbocycles. The number of carbonyl (C=O) groups is 1. The summed E-state index contributed by atoms with van der Waals surface area (Å²) in [4.78, 5) is 12.1. The normalized spacial score (nSPS) is 12.6. The summed E-state index contributed by atoms with van der Waals surface area (Å²) < 4.78 is 24.9. The number of halogens is 2. The minimum absolute atomic E-state index is 0.261. The van der Waals surface area contributed by atoms with Crippen molar-refractivity contribution in [1.82, 2.24) is 5.32 Å². The molecule has 0 bridgehead atoms. The minimum Gasteiger partial charge on any atom is -0.486 e. The number of anilines is 1. The number of rotatable bonds is 3. The highest BCUT2D eigenvalue weighted by Gasteiger charge is 2.16. The van der Waals surface area contributed by atoms with Crippen LogP contribution in [0.5, 0.6) is 11.5 Å². The zero-order valence-corrected chi connectivity index (χ0v) is 14.6. The number of urea groups is 1. The van der Waals surface area contributed by atoms with E-state index in [4.69, 9.17) is 9.47 Å². The number of fused-ring (bicyclic) bond motifs is 1. The average molecular weight is 395 g/mol. The molecule has 0 spiro atoms. The topological polar surface area (TPSA) is 59.6 Å². The van der Waals surface area contributed by atoms with Crippen molar-refractivity contribution in [2.24, 2.45) is 0 Å². The molecule has 0 fully saturated rings. The monoisotopic (exact) mass is 394 g/mol. The lowest BCUT2D eigenvalue weighted by molar-refractivity contribution is 0.171. The highest BCUT2D eigenvalue weighted by Crippen LogP contribution is 2.38. The van der Waals surface area contributed by atoms with Gasteiger partial charge in [-0.3, -0.25) is 0 Å². The van der Waals surface area contributed by atoms with Gasteiger partial charge in [-0.1, -0.05) is 12.1 Å². The number of nitrogens with one attached hydrogen (secondary N) is 2. The third kappa shape index (κ3) is 3.79. The van der Waals surface area contributed by atoms with E-state index >= 15 is 0 Å². The Bertz CT molecular complexity index is 783. The number of hydrogen-bond donors (Lipinski definition) is 2.